The predicted molar refractivity (Wildman–Crippen MR) is 95.7 cm³/mol. The molecule has 1 aromatic rings. The summed E-state index contributed by atoms with van der Waals surface area (Å²) in [5.74, 6) is 0.917. The van der Waals surface area contributed by atoms with Crippen molar-refractivity contribution in [2.24, 2.45) is 5.92 Å². The fourth-order valence-electron chi connectivity index (χ4n) is 2.95. The number of aromatic hydroxyl groups is 2. The maximum atomic E-state index is 10.5. The van der Waals surface area contributed by atoms with Crippen molar-refractivity contribution >= 4 is 13.2 Å². The average Bonchev–Trinajstić information content (AvgIpc) is 2.40. The fraction of sp³-hybridized carbons (Fsp3) is 0.500. The van der Waals surface area contributed by atoms with Crippen LogP contribution >= 0.6 is 0 Å². The summed E-state index contributed by atoms with van der Waals surface area (Å²) in [4.78, 5) is 0. The van der Waals surface area contributed by atoms with Crippen molar-refractivity contribution < 1.29 is 10.2 Å². The monoisotopic (exact) mass is 302 g/mol. The maximum Gasteiger partial charge on any atom is 0.127 e. The second-order valence-electron chi connectivity index (χ2n) is 7.39. The van der Waals surface area contributed by atoms with Gasteiger partial charge in [-0.1, -0.05) is 52.5 Å². The summed E-state index contributed by atoms with van der Waals surface area (Å²) >= 11 is 0. The Morgan fingerprint density at radius 1 is 1.14 bits per heavy atom. The lowest BCUT2D eigenvalue weighted by Crippen LogP contribution is -2.29. The van der Waals surface area contributed by atoms with E-state index in [1.807, 2.05) is 0 Å². The van der Waals surface area contributed by atoms with Crippen LogP contribution in [-0.2, 0) is 5.41 Å². The van der Waals surface area contributed by atoms with Crippen molar-refractivity contribution in [3.05, 3.63) is 33.2 Å². The Kier molecular flexibility index (Phi) is 5.50. The second-order valence-corrected chi connectivity index (χ2v) is 7.39. The predicted octanol–water partition coefficient (Wildman–Crippen LogP) is 3.89. The number of phenolic OH excluding ortho intramolecular Hbond substituents is 2. The molecule has 0 aliphatic carbocycles. The van der Waals surface area contributed by atoms with Gasteiger partial charge in [0.25, 0.3) is 0 Å². The maximum absolute atomic E-state index is 10.5. The lowest BCUT2D eigenvalue weighted by Gasteiger charge is -2.27. The van der Waals surface area contributed by atoms with E-state index in [2.05, 4.69) is 53.9 Å². The zero-order valence-corrected chi connectivity index (χ0v) is 14.9. The van der Waals surface area contributed by atoms with Crippen molar-refractivity contribution in [3.8, 4) is 11.5 Å². The van der Waals surface area contributed by atoms with Crippen molar-refractivity contribution in [2.45, 2.75) is 59.8 Å². The summed E-state index contributed by atoms with van der Waals surface area (Å²) in [5, 5.41) is 21.7. The average molecular weight is 302 g/mol. The van der Waals surface area contributed by atoms with Crippen LogP contribution in [0.4, 0.5) is 0 Å². The zero-order chi connectivity index (χ0) is 17.2. The lowest BCUT2D eigenvalue weighted by molar-refractivity contribution is 0.415. The van der Waals surface area contributed by atoms with Crippen LogP contribution in [0.25, 0.3) is 13.2 Å². The summed E-state index contributed by atoms with van der Waals surface area (Å²) < 4.78 is 0. The molecule has 0 radical (unpaired) electrons. The molecule has 1 rings (SSSR count). The first-order chi connectivity index (χ1) is 9.99. The van der Waals surface area contributed by atoms with Gasteiger partial charge in [-0.25, -0.2) is 0 Å². The molecule has 0 aliphatic rings. The SMILES string of the molecule is C=c1c(C)c(O)c(=C)c(C(C)(C)CC=C(C)CC(C)C)c1O. The lowest BCUT2D eigenvalue weighted by atomic mass is 9.78. The number of allylic oxidation sites excluding steroid dienone is 2. The third-order valence-electron chi connectivity index (χ3n) is 4.29. The normalized spacial score (nSPS) is 13.0. The summed E-state index contributed by atoms with van der Waals surface area (Å²) in [5.41, 5.74) is 2.30. The highest BCUT2D eigenvalue weighted by Crippen LogP contribution is 2.32. The molecule has 0 fully saturated rings. The first-order valence-corrected chi connectivity index (χ1v) is 7.87. The van der Waals surface area contributed by atoms with Gasteiger partial charge in [-0.3, -0.25) is 0 Å². The van der Waals surface area contributed by atoms with E-state index in [9.17, 15) is 10.2 Å². The zero-order valence-electron chi connectivity index (χ0n) is 14.9. The highest BCUT2D eigenvalue weighted by Gasteiger charge is 2.26. The van der Waals surface area contributed by atoms with Gasteiger partial charge in [-0.2, -0.15) is 0 Å². The third kappa shape index (κ3) is 3.73. The first kappa shape index (κ1) is 18.3. The van der Waals surface area contributed by atoms with E-state index < -0.39 is 0 Å². The minimum atomic E-state index is -0.322. The quantitative estimate of drug-likeness (QED) is 0.640. The van der Waals surface area contributed by atoms with Crippen molar-refractivity contribution in [1.29, 1.82) is 0 Å². The van der Waals surface area contributed by atoms with Gasteiger partial charge in [0.1, 0.15) is 11.5 Å². The molecule has 22 heavy (non-hydrogen) atoms. The Bertz CT molecular complexity index is 679. The molecule has 0 aromatic heterocycles. The van der Waals surface area contributed by atoms with Gasteiger partial charge in [-0.05, 0) is 38.0 Å². The summed E-state index contributed by atoms with van der Waals surface area (Å²) in [6, 6.07) is 0. The number of rotatable bonds is 5. The van der Waals surface area contributed by atoms with Crippen molar-refractivity contribution in [1.82, 2.24) is 0 Å². The van der Waals surface area contributed by atoms with E-state index in [-0.39, 0.29) is 16.9 Å². The number of phenols is 2. The van der Waals surface area contributed by atoms with Gasteiger partial charge >= 0.3 is 0 Å². The summed E-state index contributed by atoms with van der Waals surface area (Å²) in [6.07, 6.45) is 4.07. The van der Waals surface area contributed by atoms with Gasteiger partial charge in [0.15, 0.2) is 0 Å². The fourth-order valence-corrected chi connectivity index (χ4v) is 2.95. The van der Waals surface area contributed by atoms with E-state index in [0.717, 1.165) is 12.8 Å². The molecular formula is C20H30O2. The molecule has 0 spiro atoms. The van der Waals surface area contributed by atoms with E-state index in [1.54, 1.807) is 6.92 Å². The van der Waals surface area contributed by atoms with Crippen LogP contribution in [0, 0.1) is 12.8 Å². The molecule has 2 heteroatoms. The van der Waals surface area contributed by atoms with Gasteiger partial charge in [0.2, 0.25) is 0 Å². The van der Waals surface area contributed by atoms with E-state index in [1.165, 1.54) is 5.57 Å². The number of benzene rings is 1. The van der Waals surface area contributed by atoms with Gasteiger partial charge < -0.3 is 10.2 Å². The molecule has 0 unspecified atom stereocenters. The molecule has 2 nitrogen and oxygen atoms in total. The number of hydrogen-bond donors (Lipinski definition) is 2. The van der Waals surface area contributed by atoms with Crippen LogP contribution in [0.2, 0.25) is 0 Å². The molecule has 1 aromatic carbocycles. The van der Waals surface area contributed by atoms with Crippen LogP contribution in [0.15, 0.2) is 11.6 Å². The van der Waals surface area contributed by atoms with Crippen LogP contribution in [0.5, 0.6) is 11.5 Å². The van der Waals surface area contributed by atoms with E-state index >= 15 is 0 Å². The van der Waals surface area contributed by atoms with E-state index in [4.69, 9.17) is 0 Å². The first-order valence-electron chi connectivity index (χ1n) is 7.87. The Labute approximate surface area is 134 Å². The van der Waals surface area contributed by atoms with Crippen molar-refractivity contribution in [3.63, 3.8) is 0 Å². The highest BCUT2D eigenvalue weighted by atomic mass is 16.3. The molecule has 0 atom stereocenters. The van der Waals surface area contributed by atoms with Crippen molar-refractivity contribution in [2.75, 3.05) is 0 Å². The number of hydrogen-bond acceptors (Lipinski definition) is 2. The minimum Gasteiger partial charge on any atom is -0.507 e. The molecule has 0 saturated carbocycles. The molecule has 0 saturated heterocycles. The highest BCUT2D eigenvalue weighted by molar-refractivity contribution is 5.52. The molecular weight excluding hydrogens is 272 g/mol. The van der Waals surface area contributed by atoms with Crippen LogP contribution in [0.1, 0.15) is 58.6 Å². The summed E-state index contributed by atoms with van der Waals surface area (Å²) in [7, 11) is 0. The molecule has 0 aliphatic heterocycles. The Morgan fingerprint density at radius 2 is 1.68 bits per heavy atom. The van der Waals surface area contributed by atoms with Gasteiger partial charge in [0, 0.05) is 21.6 Å². The Morgan fingerprint density at radius 3 is 2.18 bits per heavy atom. The molecule has 122 valence electrons. The molecule has 0 heterocycles. The van der Waals surface area contributed by atoms with Crippen LogP contribution in [0.3, 0.4) is 0 Å². The Hall–Kier alpha value is -1.70. The molecule has 2 N–H and O–H groups in total. The molecule has 0 bridgehead atoms. The van der Waals surface area contributed by atoms with Gasteiger partial charge in [0.05, 0.1) is 0 Å². The third-order valence-corrected chi connectivity index (χ3v) is 4.29. The Balaban J connectivity index is 3.30. The van der Waals surface area contributed by atoms with E-state index in [0.29, 0.717) is 27.5 Å². The summed E-state index contributed by atoms with van der Waals surface area (Å²) in [6.45, 7) is 20.3. The second kappa shape index (κ2) is 6.60. The van der Waals surface area contributed by atoms with Gasteiger partial charge in [-0.15, -0.1) is 0 Å². The van der Waals surface area contributed by atoms with Crippen LogP contribution < -0.4 is 10.4 Å². The van der Waals surface area contributed by atoms with Crippen LogP contribution in [-0.4, -0.2) is 10.2 Å². The standard InChI is InChI=1S/C20H30O2/c1-12(2)11-13(3)9-10-20(7,8)17-16(6)18(21)14(4)15(5)19(17)22/h9,12,21-22H,5-6,10-11H2,1-4,7-8H3. The minimum absolute atomic E-state index is 0.133. The topological polar surface area (TPSA) is 40.5 Å². The molecule has 0 amide bonds. The largest absolute Gasteiger partial charge is 0.507 e. The smallest absolute Gasteiger partial charge is 0.127 e.